The zero-order chi connectivity index (χ0) is 20.2. The second kappa shape index (κ2) is 12.3. The number of rotatable bonds is 10. The second-order valence-electron chi connectivity index (χ2n) is 6.85. The van der Waals surface area contributed by atoms with Crippen molar-refractivity contribution in [1.29, 1.82) is 0 Å². The van der Waals surface area contributed by atoms with Crippen molar-refractivity contribution in [2.75, 3.05) is 41.5 Å². The van der Waals surface area contributed by atoms with Crippen molar-refractivity contribution in [2.45, 2.75) is 51.2 Å². The summed E-state index contributed by atoms with van der Waals surface area (Å²) in [5, 5.41) is 6.64. The first-order valence-corrected chi connectivity index (χ1v) is 10.1. The summed E-state index contributed by atoms with van der Waals surface area (Å²) in [6, 6.07) is 3.69. The van der Waals surface area contributed by atoms with E-state index in [4.69, 9.17) is 18.9 Å². The van der Waals surface area contributed by atoms with Crippen LogP contribution in [-0.2, 0) is 11.3 Å². The smallest absolute Gasteiger partial charge is 0.191 e. The van der Waals surface area contributed by atoms with Gasteiger partial charge in [0.05, 0.1) is 39.5 Å². The number of guanidine groups is 1. The monoisotopic (exact) mass is 393 g/mol. The predicted octanol–water partition coefficient (Wildman–Crippen LogP) is 3.12. The molecule has 7 nitrogen and oxygen atoms in total. The number of methoxy groups -OCH3 is 3. The average Bonchev–Trinajstić information content (AvgIpc) is 2.75. The van der Waals surface area contributed by atoms with E-state index in [1.807, 2.05) is 12.1 Å². The van der Waals surface area contributed by atoms with Crippen LogP contribution in [0.2, 0.25) is 0 Å². The van der Waals surface area contributed by atoms with Crippen LogP contribution in [0.1, 0.15) is 44.1 Å². The summed E-state index contributed by atoms with van der Waals surface area (Å²) in [6.45, 7) is 2.12. The van der Waals surface area contributed by atoms with Crippen LogP contribution in [0.3, 0.4) is 0 Å². The molecule has 1 saturated carbocycles. The maximum Gasteiger partial charge on any atom is 0.191 e. The Bertz CT molecular complexity index is 591. The third kappa shape index (κ3) is 6.78. The predicted molar refractivity (Wildman–Crippen MR) is 112 cm³/mol. The topological polar surface area (TPSA) is 73.3 Å². The minimum atomic E-state index is 0.459. The molecule has 158 valence electrons. The summed E-state index contributed by atoms with van der Waals surface area (Å²) < 4.78 is 22.2. The molecule has 0 spiro atoms. The molecule has 28 heavy (non-hydrogen) atoms. The van der Waals surface area contributed by atoms with Gasteiger partial charge in [-0.15, -0.1) is 0 Å². The van der Waals surface area contributed by atoms with E-state index in [9.17, 15) is 0 Å². The van der Waals surface area contributed by atoms with Gasteiger partial charge in [-0.1, -0.05) is 19.3 Å². The molecule has 7 heteroatoms. The molecular formula is C21H35N3O4. The molecule has 0 atom stereocenters. The Kier molecular flexibility index (Phi) is 9.76. The third-order valence-corrected chi connectivity index (χ3v) is 4.99. The summed E-state index contributed by atoms with van der Waals surface area (Å²) in [6.07, 6.45) is 7.79. The van der Waals surface area contributed by atoms with Crippen LogP contribution in [0, 0.1) is 0 Å². The van der Waals surface area contributed by atoms with Gasteiger partial charge in [0.15, 0.2) is 5.96 Å². The molecule has 2 rings (SSSR count). The van der Waals surface area contributed by atoms with Crippen LogP contribution in [0.15, 0.2) is 17.1 Å². The van der Waals surface area contributed by atoms with Crippen molar-refractivity contribution < 1.29 is 18.9 Å². The molecule has 0 radical (unpaired) electrons. The molecule has 0 aliphatic heterocycles. The first kappa shape index (κ1) is 22.1. The molecule has 1 aromatic carbocycles. The molecule has 1 aliphatic rings. The zero-order valence-corrected chi connectivity index (χ0v) is 17.7. The summed E-state index contributed by atoms with van der Waals surface area (Å²) in [5.74, 6) is 2.84. The standard InChI is InChI=1S/C21H35N3O4/c1-22-21(23-11-8-12-28-16-9-6-5-7-10-16)24-15-18-19(26-3)13-17(25-2)14-20(18)27-4/h13-14,16H,5-12,15H2,1-4H3,(H2,22,23,24). The molecule has 0 saturated heterocycles. The SMILES string of the molecule is CN=C(NCCCOC1CCCCC1)NCc1c(OC)cc(OC)cc1OC. The fraction of sp³-hybridized carbons (Fsp3) is 0.667. The molecule has 0 heterocycles. The number of hydrogen-bond donors (Lipinski definition) is 2. The number of aliphatic imine (C=N–C) groups is 1. The number of hydrogen-bond acceptors (Lipinski definition) is 5. The van der Waals surface area contributed by atoms with E-state index in [-0.39, 0.29) is 0 Å². The Labute approximate surface area is 168 Å². The van der Waals surface area contributed by atoms with Gasteiger partial charge in [0.1, 0.15) is 17.2 Å². The summed E-state index contributed by atoms with van der Waals surface area (Å²) in [4.78, 5) is 4.28. The highest BCUT2D eigenvalue weighted by molar-refractivity contribution is 5.79. The van der Waals surface area contributed by atoms with Crippen molar-refractivity contribution in [1.82, 2.24) is 10.6 Å². The molecule has 1 aliphatic carbocycles. The van der Waals surface area contributed by atoms with E-state index < -0.39 is 0 Å². The summed E-state index contributed by atoms with van der Waals surface area (Å²) in [7, 11) is 6.65. The fourth-order valence-corrected chi connectivity index (χ4v) is 3.41. The van der Waals surface area contributed by atoms with Crippen LogP contribution in [0.5, 0.6) is 17.2 Å². The van der Waals surface area contributed by atoms with Crippen molar-refractivity contribution in [2.24, 2.45) is 4.99 Å². The molecule has 0 bridgehead atoms. The van der Waals surface area contributed by atoms with Gasteiger partial charge in [-0.3, -0.25) is 4.99 Å². The van der Waals surface area contributed by atoms with Gasteiger partial charge in [-0.05, 0) is 19.3 Å². The Morgan fingerprint density at radius 3 is 2.25 bits per heavy atom. The Hall–Kier alpha value is -2.15. The van der Waals surface area contributed by atoms with Crippen LogP contribution in [0.25, 0.3) is 0 Å². The summed E-state index contributed by atoms with van der Waals surface area (Å²) >= 11 is 0. The second-order valence-corrected chi connectivity index (χ2v) is 6.85. The lowest BCUT2D eigenvalue weighted by atomic mass is 9.98. The number of ether oxygens (including phenoxy) is 4. The van der Waals surface area contributed by atoms with E-state index in [0.29, 0.717) is 29.9 Å². The maximum absolute atomic E-state index is 5.96. The number of nitrogens with zero attached hydrogens (tertiary/aromatic N) is 1. The van der Waals surface area contributed by atoms with Crippen LogP contribution >= 0.6 is 0 Å². The van der Waals surface area contributed by atoms with Gasteiger partial charge < -0.3 is 29.6 Å². The van der Waals surface area contributed by atoms with E-state index in [1.54, 1.807) is 28.4 Å². The van der Waals surface area contributed by atoms with Gasteiger partial charge in [0.25, 0.3) is 0 Å². The van der Waals surface area contributed by atoms with Gasteiger partial charge in [0.2, 0.25) is 0 Å². The lowest BCUT2D eigenvalue weighted by Crippen LogP contribution is -2.37. The van der Waals surface area contributed by atoms with Gasteiger partial charge in [-0.25, -0.2) is 0 Å². The Morgan fingerprint density at radius 2 is 1.68 bits per heavy atom. The van der Waals surface area contributed by atoms with Crippen LogP contribution in [0.4, 0.5) is 0 Å². The summed E-state index contributed by atoms with van der Waals surface area (Å²) in [5.41, 5.74) is 0.911. The molecule has 2 N–H and O–H groups in total. The van der Waals surface area contributed by atoms with Crippen molar-refractivity contribution in [3.63, 3.8) is 0 Å². The minimum Gasteiger partial charge on any atom is -0.496 e. The van der Waals surface area contributed by atoms with Crippen molar-refractivity contribution in [3.8, 4) is 17.2 Å². The van der Waals surface area contributed by atoms with E-state index in [0.717, 1.165) is 31.1 Å². The van der Waals surface area contributed by atoms with Gasteiger partial charge in [-0.2, -0.15) is 0 Å². The maximum atomic E-state index is 5.96. The fourth-order valence-electron chi connectivity index (χ4n) is 3.41. The van der Waals surface area contributed by atoms with Crippen LogP contribution in [-0.4, -0.2) is 53.6 Å². The highest BCUT2D eigenvalue weighted by Gasteiger charge is 2.14. The molecule has 1 aromatic rings. The van der Waals surface area contributed by atoms with E-state index >= 15 is 0 Å². The largest absolute Gasteiger partial charge is 0.496 e. The Morgan fingerprint density at radius 1 is 1.00 bits per heavy atom. The molecule has 0 aromatic heterocycles. The molecular weight excluding hydrogens is 358 g/mol. The van der Waals surface area contributed by atoms with Crippen LogP contribution < -0.4 is 24.8 Å². The lowest BCUT2D eigenvalue weighted by Gasteiger charge is -2.22. The molecule has 0 unspecified atom stereocenters. The van der Waals surface area contributed by atoms with Crippen molar-refractivity contribution >= 4 is 5.96 Å². The quantitative estimate of drug-likeness (QED) is 0.361. The van der Waals surface area contributed by atoms with Crippen molar-refractivity contribution in [3.05, 3.63) is 17.7 Å². The third-order valence-electron chi connectivity index (χ3n) is 4.99. The first-order valence-electron chi connectivity index (χ1n) is 10.1. The zero-order valence-electron chi connectivity index (χ0n) is 17.7. The molecule has 0 amide bonds. The van der Waals surface area contributed by atoms with Gasteiger partial charge >= 0.3 is 0 Å². The normalized spacial score (nSPS) is 15.2. The Balaban J connectivity index is 1.78. The van der Waals surface area contributed by atoms with E-state index in [2.05, 4.69) is 15.6 Å². The molecule has 1 fully saturated rings. The average molecular weight is 394 g/mol. The highest BCUT2D eigenvalue weighted by Crippen LogP contribution is 2.33. The number of nitrogens with one attached hydrogen (secondary N) is 2. The highest BCUT2D eigenvalue weighted by atomic mass is 16.5. The van der Waals surface area contributed by atoms with E-state index in [1.165, 1.54) is 32.1 Å². The minimum absolute atomic E-state index is 0.459. The first-order chi connectivity index (χ1) is 13.7. The lowest BCUT2D eigenvalue weighted by molar-refractivity contribution is 0.0277. The number of benzene rings is 1. The van der Waals surface area contributed by atoms with Gasteiger partial charge in [0, 0.05) is 32.3 Å².